The predicted molar refractivity (Wildman–Crippen MR) is 100 cm³/mol. The molecule has 1 aliphatic rings. The largest absolute Gasteiger partial charge is 0.497 e. The molecule has 142 valence electrons. The maximum atomic E-state index is 13.1. The Kier molecular flexibility index (Phi) is 4.56. The highest BCUT2D eigenvalue weighted by atomic mass is 32.2. The summed E-state index contributed by atoms with van der Waals surface area (Å²) in [4.78, 5) is 9.01. The first kappa shape index (κ1) is 17.9. The molecule has 0 bridgehead atoms. The predicted octanol–water partition coefficient (Wildman–Crippen LogP) is 1.94. The molecule has 0 spiro atoms. The van der Waals surface area contributed by atoms with Gasteiger partial charge in [0.05, 0.1) is 17.7 Å². The third-order valence-electron chi connectivity index (χ3n) is 4.95. The Bertz CT molecular complexity index is 1060. The molecular formula is C18H21N5O3S. The summed E-state index contributed by atoms with van der Waals surface area (Å²) in [6, 6.07) is 6.49. The van der Waals surface area contributed by atoms with Crippen LogP contribution in [0.4, 0.5) is 0 Å². The monoisotopic (exact) mass is 387 g/mol. The summed E-state index contributed by atoms with van der Waals surface area (Å²) in [6.45, 7) is 0.887. The lowest BCUT2D eigenvalue weighted by molar-refractivity contribution is 0.312. The van der Waals surface area contributed by atoms with E-state index < -0.39 is 10.0 Å². The molecule has 0 aliphatic carbocycles. The quantitative estimate of drug-likeness (QED) is 0.680. The summed E-state index contributed by atoms with van der Waals surface area (Å²) in [5.41, 5.74) is 2.27. The minimum atomic E-state index is -3.57. The molecule has 3 aromatic rings. The van der Waals surface area contributed by atoms with E-state index in [2.05, 4.69) is 15.1 Å². The number of benzene rings is 1. The van der Waals surface area contributed by atoms with Crippen LogP contribution in [0.3, 0.4) is 0 Å². The smallest absolute Gasteiger partial charge is 0.243 e. The van der Waals surface area contributed by atoms with E-state index in [4.69, 9.17) is 4.74 Å². The zero-order valence-corrected chi connectivity index (χ0v) is 16.1. The summed E-state index contributed by atoms with van der Waals surface area (Å²) in [6.07, 6.45) is 4.92. The van der Waals surface area contributed by atoms with Crippen molar-refractivity contribution in [2.75, 3.05) is 20.2 Å². The number of fused-ring (bicyclic) bond motifs is 1. The number of methoxy groups -OCH3 is 1. The summed E-state index contributed by atoms with van der Waals surface area (Å²) in [7, 11) is -0.184. The normalized spacial score (nSPS) is 18.7. The van der Waals surface area contributed by atoms with E-state index in [1.54, 1.807) is 52.8 Å². The maximum absolute atomic E-state index is 13.1. The maximum Gasteiger partial charge on any atom is 0.243 e. The highest BCUT2D eigenvalue weighted by Crippen LogP contribution is 2.32. The lowest BCUT2D eigenvalue weighted by Crippen LogP contribution is -2.39. The summed E-state index contributed by atoms with van der Waals surface area (Å²) >= 11 is 0. The van der Waals surface area contributed by atoms with Gasteiger partial charge in [-0.25, -0.2) is 23.1 Å². The van der Waals surface area contributed by atoms with Gasteiger partial charge in [0.2, 0.25) is 10.0 Å². The first-order valence-corrected chi connectivity index (χ1v) is 10.2. The van der Waals surface area contributed by atoms with Crippen molar-refractivity contribution in [1.29, 1.82) is 0 Å². The van der Waals surface area contributed by atoms with E-state index in [0.29, 0.717) is 24.5 Å². The van der Waals surface area contributed by atoms with Gasteiger partial charge in [-0.15, -0.1) is 0 Å². The van der Waals surface area contributed by atoms with Crippen LogP contribution in [0.2, 0.25) is 0 Å². The van der Waals surface area contributed by atoms with Gasteiger partial charge in [-0.1, -0.05) is 0 Å². The number of ether oxygens (including phenoxy) is 1. The second-order valence-electron chi connectivity index (χ2n) is 6.62. The van der Waals surface area contributed by atoms with E-state index in [-0.39, 0.29) is 10.8 Å². The molecule has 3 heterocycles. The molecule has 1 unspecified atom stereocenters. The molecule has 0 radical (unpaired) electrons. The first-order chi connectivity index (χ1) is 13.0. The third kappa shape index (κ3) is 3.17. The minimum absolute atomic E-state index is 0.00725. The van der Waals surface area contributed by atoms with Gasteiger partial charge in [-0.3, -0.25) is 0 Å². The number of nitrogens with zero attached hydrogens (tertiary/aromatic N) is 5. The Labute approximate surface area is 157 Å². The lowest BCUT2D eigenvalue weighted by atomic mass is 9.96. The highest BCUT2D eigenvalue weighted by Gasteiger charge is 2.33. The van der Waals surface area contributed by atoms with Crippen molar-refractivity contribution in [3.63, 3.8) is 0 Å². The van der Waals surface area contributed by atoms with E-state index in [9.17, 15) is 8.42 Å². The van der Waals surface area contributed by atoms with Gasteiger partial charge >= 0.3 is 0 Å². The second-order valence-corrected chi connectivity index (χ2v) is 8.55. The van der Waals surface area contributed by atoms with Crippen molar-refractivity contribution in [3.8, 4) is 5.75 Å². The fraction of sp³-hybridized carbons (Fsp3) is 0.389. The van der Waals surface area contributed by atoms with Gasteiger partial charge in [0.25, 0.3) is 0 Å². The Morgan fingerprint density at radius 3 is 2.63 bits per heavy atom. The molecule has 2 aromatic heterocycles. The molecule has 0 N–H and O–H groups in total. The van der Waals surface area contributed by atoms with Crippen molar-refractivity contribution < 1.29 is 13.2 Å². The van der Waals surface area contributed by atoms with Crippen molar-refractivity contribution in [3.05, 3.63) is 42.4 Å². The van der Waals surface area contributed by atoms with Gasteiger partial charge in [-0.2, -0.15) is 9.40 Å². The topological polar surface area (TPSA) is 90.2 Å². The standard InChI is InChI=1S/C18H21N5O3S/c1-22-18-17(19-9-10-20-18)16(21-22)13-4-3-11-23(12-13)27(24,25)15-7-5-14(26-2)6-8-15/h5-10,13H,3-4,11-12H2,1-2H3. The molecule has 1 fully saturated rings. The lowest BCUT2D eigenvalue weighted by Gasteiger charge is -2.31. The average Bonchev–Trinajstić information content (AvgIpc) is 3.05. The summed E-state index contributed by atoms with van der Waals surface area (Å²) < 4.78 is 34.5. The molecule has 1 atom stereocenters. The van der Waals surface area contributed by atoms with E-state index in [0.717, 1.165) is 24.1 Å². The van der Waals surface area contributed by atoms with Crippen LogP contribution in [0, 0.1) is 0 Å². The Hall–Kier alpha value is -2.52. The molecular weight excluding hydrogens is 366 g/mol. The summed E-state index contributed by atoms with van der Waals surface area (Å²) in [5, 5.41) is 4.58. The highest BCUT2D eigenvalue weighted by molar-refractivity contribution is 7.89. The zero-order valence-electron chi connectivity index (χ0n) is 15.2. The number of sulfonamides is 1. The third-order valence-corrected chi connectivity index (χ3v) is 6.83. The van der Waals surface area contributed by atoms with Crippen LogP contribution in [0.25, 0.3) is 11.2 Å². The van der Waals surface area contributed by atoms with Crippen LogP contribution in [0.5, 0.6) is 5.75 Å². The van der Waals surface area contributed by atoms with Crippen LogP contribution in [0.15, 0.2) is 41.6 Å². The Balaban J connectivity index is 1.64. The first-order valence-electron chi connectivity index (χ1n) is 8.78. The number of aromatic nitrogens is 4. The van der Waals surface area contributed by atoms with Gasteiger partial charge in [0.15, 0.2) is 5.65 Å². The van der Waals surface area contributed by atoms with Crippen LogP contribution in [-0.4, -0.2) is 52.7 Å². The van der Waals surface area contributed by atoms with E-state index >= 15 is 0 Å². The second kappa shape index (κ2) is 6.90. The number of hydrogen-bond donors (Lipinski definition) is 0. The van der Waals surface area contributed by atoms with Gasteiger partial charge < -0.3 is 4.74 Å². The Morgan fingerprint density at radius 1 is 1.15 bits per heavy atom. The van der Waals surface area contributed by atoms with Gasteiger partial charge in [-0.05, 0) is 37.1 Å². The molecule has 0 saturated carbocycles. The fourth-order valence-electron chi connectivity index (χ4n) is 3.56. The zero-order chi connectivity index (χ0) is 19.0. The van der Waals surface area contributed by atoms with Crippen molar-refractivity contribution in [1.82, 2.24) is 24.1 Å². The van der Waals surface area contributed by atoms with Crippen LogP contribution in [-0.2, 0) is 17.1 Å². The number of hydrogen-bond acceptors (Lipinski definition) is 6. The van der Waals surface area contributed by atoms with Crippen LogP contribution >= 0.6 is 0 Å². The molecule has 4 rings (SSSR count). The van der Waals surface area contributed by atoms with Gasteiger partial charge in [0, 0.05) is 38.4 Å². The number of rotatable bonds is 4. The minimum Gasteiger partial charge on any atom is -0.497 e. The SMILES string of the molecule is COc1ccc(S(=O)(=O)N2CCCC(c3nn(C)c4nccnc34)C2)cc1. The molecule has 1 saturated heterocycles. The molecule has 8 nitrogen and oxygen atoms in total. The molecule has 1 aliphatic heterocycles. The van der Waals surface area contributed by atoms with Crippen molar-refractivity contribution in [2.24, 2.45) is 7.05 Å². The van der Waals surface area contributed by atoms with Crippen molar-refractivity contribution in [2.45, 2.75) is 23.7 Å². The number of piperidine rings is 1. The average molecular weight is 387 g/mol. The molecule has 1 aromatic carbocycles. The van der Waals surface area contributed by atoms with E-state index in [1.165, 1.54) is 0 Å². The number of aryl methyl sites for hydroxylation is 1. The van der Waals surface area contributed by atoms with E-state index in [1.807, 2.05) is 7.05 Å². The fourth-order valence-corrected chi connectivity index (χ4v) is 5.08. The molecule has 27 heavy (non-hydrogen) atoms. The molecule has 9 heteroatoms. The van der Waals surface area contributed by atoms with Crippen LogP contribution < -0.4 is 4.74 Å². The van der Waals surface area contributed by atoms with Crippen molar-refractivity contribution >= 4 is 21.2 Å². The van der Waals surface area contributed by atoms with Crippen LogP contribution in [0.1, 0.15) is 24.5 Å². The molecule has 0 amide bonds. The Morgan fingerprint density at radius 2 is 1.89 bits per heavy atom. The van der Waals surface area contributed by atoms with Gasteiger partial charge in [0.1, 0.15) is 11.3 Å². The summed E-state index contributed by atoms with van der Waals surface area (Å²) in [5.74, 6) is 0.621.